The molecule has 1 aromatic rings. The lowest BCUT2D eigenvalue weighted by atomic mass is 10.1. The second kappa shape index (κ2) is 4.97. The molecule has 0 unspecified atom stereocenters. The minimum Gasteiger partial charge on any atom is -0.346 e. The van der Waals surface area contributed by atoms with Crippen LogP contribution in [0.25, 0.3) is 0 Å². The van der Waals surface area contributed by atoms with Gasteiger partial charge in [0.2, 0.25) is 0 Å². The molecule has 102 valence electrons. The van der Waals surface area contributed by atoms with Crippen LogP contribution in [-0.4, -0.2) is 31.1 Å². The van der Waals surface area contributed by atoms with Gasteiger partial charge in [-0.25, -0.2) is 13.4 Å². The number of carbonyl (C=O) groups excluding carboxylic acids is 1. The molecular weight excluding hydrogens is 266 g/mol. The largest absolute Gasteiger partial charge is 0.346 e. The van der Waals surface area contributed by atoms with E-state index in [1.807, 2.05) is 0 Å². The van der Waals surface area contributed by atoms with Gasteiger partial charge in [-0.05, 0) is 32.9 Å². The van der Waals surface area contributed by atoms with E-state index < -0.39 is 21.3 Å². The Balaban J connectivity index is 3.28. The van der Waals surface area contributed by atoms with Gasteiger partial charge >= 0.3 is 0 Å². The smallest absolute Gasteiger partial charge is 0.270 e. The highest BCUT2D eigenvalue weighted by Crippen LogP contribution is 2.13. The second-order valence-corrected chi connectivity index (χ2v) is 7.07. The minimum atomic E-state index is -3.66. The number of hydrogen-bond donors (Lipinski definition) is 1. The molecule has 1 amide bonds. The fraction of sp³-hybridized carbons (Fsp3) is 0.417. The molecule has 7 heteroatoms. The van der Waals surface area contributed by atoms with Crippen molar-refractivity contribution in [3.05, 3.63) is 23.4 Å². The molecule has 0 bridgehead atoms. The number of carbonyl (C=O) groups is 1. The van der Waals surface area contributed by atoms with Gasteiger partial charge in [0.1, 0.15) is 11.8 Å². The summed E-state index contributed by atoms with van der Waals surface area (Å²) in [7, 11) is -3.66. The fourth-order valence-corrected chi connectivity index (χ4v) is 2.12. The Labute approximate surface area is 112 Å². The van der Waals surface area contributed by atoms with Crippen LogP contribution < -0.4 is 5.32 Å². The number of sulfone groups is 1. The summed E-state index contributed by atoms with van der Waals surface area (Å²) in [5.41, 5.74) is -0.568. The first-order chi connectivity index (χ1) is 8.54. The number of amides is 1. The lowest BCUT2D eigenvalue weighted by molar-refractivity contribution is 0.0914. The van der Waals surface area contributed by atoms with E-state index in [-0.39, 0.29) is 16.3 Å². The summed E-state index contributed by atoms with van der Waals surface area (Å²) in [6, 6.07) is 4.35. The van der Waals surface area contributed by atoms with Crippen LogP contribution in [0.3, 0.4) is 0 Å². The summed E-state index contributed by atoms with van der Waals surface area (Å²) in [4.78, 5) is 15.7. The van der Waals surface area contributed by atoms with Gasteiger partial charge in [0.05, 0.1) is 5.56 Å². The van der Waals surface area contributed by atoms with Gasteiger partial charge < -0.3 is 5.32 Å². The molecule has 1 rings (SSSR count). The molecule has 0 atom stereocenters. The molecule has 0 spiro atoms. The number of pyridine rings is 1. The first-order valence-corrected chi connectivity index (χ1v) is 7.37. The summed E-state index contributed by atoms with van der Waals surface area (Å²) in [6.45, 7) is 5.39. The molecule has 0 aliphatic rings. The van der Waals surface area contributed by atoms with E-state index in [1.165, 1.54) is 12.1 Å². The van der Waals surface area contributed by atoms with E-state index in [2.05, 4.69) is 10.3 Å². The van der Waals surface area contributed by atoms with E-state index in [0.717, 1.165) is 6.26 Å². The first-order valence-electron chi connectivity index (χ1n) is 5.48. The summed E-state index contributed by atoms with van der Waals surface area (Å²) in [5, 5.41) is 11.1. The van der Waals surface area contributed by atoms with Crippen LogP contribution >= 0.6 is 0 Å². The van der Waals surface area contributed by atoms with Gasteiger partial charge in [-0.3, -0.25) is 4.79 Å². The van der Waals surface area contributed by atoms with Crippen LogP contribution in [0.5, 0.6) is 0 Å². The quantitative estimate of drug-likeness (QED) is 0.867. The maximum Gasteiger partial charge on any atom is 0.270 e. The molecule has 19 heavy (non-hydrogen) atoms. The molecule has 0 aromatic carbocycles. The highest BCUT2D eigenvalue weighted by molar-refractivity contribution is 7.90. The Hall–Kier alpha value is -1.94. The van der Waals surface area contributed by atoms with Crippen molar-refractivity contribution in [2.75, 3.05) is 6.26 Å². The zero-order valence-electron chi connectivity index (χ0n) is 11.2. The van der Waals surface area contributed by atoms with Crippen LogP contribution in [0, 0.1) is 11.3 Å². The Morgan fingerprint density at radius 1 is 1.37 bits per heavy atom. The topological polar surface area (TPSA) is 99.9 Å². The zero-order chi connectivity index (χ0) is 14.8. The molecule has 0 saturated carbocycles. The van der Waals surface area contributed by atoms with E-state index in [1.54, 1.807) is 26.8 Å². The third-order valence-electron chi connectivity index (χ3n) is 2.05. The standard InChI is InChI=1S/C12H15N3O3S/c1-12(2,3)15-10(16)9-6-5-8(7-13)11(14-9)19(4,17)18/h5-6H,1-4H3,(H,15,16). The van der Waals surface area contributed by atoms with Gasteiger partial charge in [-0.2, -0.15) is 5.26 Å². The van der Waals surface area contributed by atoms with E-state index in [9.17, 15) is 13.2 Å². The fourth-order valence-electron chi connectivity index (χ4n) is 1.34. The average Bonchev–Trinajstić information content (AvgIpc) is 2.24. The lowest BCUT2D eigenvalue weighted by Crippen LogP contribution is -2.41. The van der Waals surface area contributed by atoms with Gasteiger partial charge in [0.25, 0.3) is 5.91 Å². The van der Waals surface area contributed by atoms with Gasteiger partial charge in [-0.15, -0.1) is 0 Å². The number of aromatic nitrogens is 1. The number of hydrogen-bond acceptors (Lipinski definition) is 5. The van der Waals surface area contributed by atoms with Crippen LogP contribution in [-0.2, 0) is 9.84 Å². The third kappa shape index (κ3) is 4.03. The molecule has 0 radical (unpaired) electrons. The van der Waals surface area contributed by atoms with E-state index in [4.69, 9.17) is 5.26 Å². The lowest BCUT2D eigenvalue weighted by Gasteiger charge is -2.20. The Kier molecular flexibility index (Phi) is 3.96. The summed E-state index contributed by atoms with van der Waals surface area (Å²) in [5.74, 6) is -0.484. The monoisotopic (exact) mass is 281 g/mol. The molecule has 0 fully saturated rings. The highest BCUT2D eigenvalue weighted by Gasteiger charge is 2.21. The molecule has 1 aromatic heterocycles. The number of nitriles is 1. The van der Waals surface area contributed by atoms with Crippen molar-refractivity contribution < 1.29 is 13.2 Å². The van der Waals surface area contributed by atoms with Crippen LogP contribution in [0.1, 0.15) is 36.8 Å². The average molecular weight is 281 g/mol. The van der Waals surface area contributed by atoms with Gasteiger partial charge in [-0.1, -0.05) is 0 Å². The van der Waals surface area contributed by atoms with Crippen molar-refractivity contribution >= 4 is 15.7 Å². The van der Waals surface area contributed by atoms with Crippen molar-refractivity contribution in [3.8, 4) is 6.07 Å². The maximum absolute atomic E-state index is 11.9. The van der Waals surface area contributed by atoms with E-state index >= 15 is 0 Å². The van der Waals surface area contributed by atoms with Crippen molar-refractivity contribution in [1.29, 1.82) is 5.26 Å². The van der Waals surface area contributed by atoms with Crippen LogP contribution in [0.4, 0.5) is 0 Å². The van der Waals surface area contributed by atoms with Crippen molar-refractivity contribution in [3.63, 3.8) is 0 Å². The van der Waals surface area contributed by atoms with Crippen LogP contribution in [0.2, 0.25) is 0 Å². The molecule has 1 heterocycles. The number of rotatable bonds is 2. The van der Waals surface area contributed by atoms with Crippen LogP contribution in [0.15, 0.2) is 17.2 Å². The molecule has 0 aliphatic heterocycles. The molecule has 6 nitrogen and oxygen atoms in total. The number of nitrogens with zero attached hydrogens (tertiary/aromatic N) is 2. The summed E-state index contributed by atoms with van der Waals surface area (Å²) >= 11 is 0. The number of nitrogens with one attached hydrogen (secondary N) is 1. The normalized spacial score (nSPS) is 11.7. The van der Waals surface area contributed by atoms with Crippen molar-refractivity contribution in [1.82, 2.24) is 10.3 Å². The maximum atomic E-state index is 11.9. The Morgan fingerprint density at radius 2 is 1.95 bits per heavy atom. The van der Waals surface area contributed by atoms with E-state index in [0.29, 0.717) is 0 Å². The first kappa shape index (κ1) is 15.1. The Morgan fingerprint density at radius 3 is 2.37 bits per heavy atom. The molecule has 0 saturated heterocycles. The molecular formula is C12H15N3O3S. The van der Waals surface area contributed by atoms with Gasteiger partial charge in [0.15, 0.2) is 14.9 Å². The Bertz CT molecular complexity index is 652. The van der Waals surface area contributed by atoms with Crippen molar-refractivity contribution in [2.45, 2.75) is 31.3 Å². The zero-order valence-corrected chi connectivity index (χ0v) is 12.0. The molecule has 0 aliphatic carbocycles. The minimum absolute atomic E-state index is 0.0330. The second-order valence-electron chi connectivity index (χ2n) is 5.14. The van der Waals surface area contributed by atoms with Gasteiger partial charge in [0, 0.05) is 11.8 Å². The highest BCUT2D eigenvalue weighted by atomic mass is 32.2. The van der Waals surface area contributed by atoms with Crippen molar-refractivity contribution in [2.24, 2.45) is 0 Å². The summed E-state index contributed by atoms with van der Waals surface area (Å²) in [6.07, 6.45) is 0.946. The molecule has 1 N–H and O–H groups in total. The SMILES string of the molecule is CC(C)(C)NC(=O)c1ccc(C#N)c(S(C)(=O)=O)n1. The predicted octanol–water partition coefficient (Wildman–Crippen LogP) is 0.885. The summed E-state index contributed by atoms with van der Waals surface area (Å²) < 4.78 is 23.1. The predicted molar refractivity (Wildman–Crippen MR) is 69.3 cm³/mol. The third-order valence-corrected chi connectivity index (χ3v) is 3.07.